The average Bonchev–Trinajstić information content (AvgIpc) is 2.47. The summed E-state index contributed by atoms with van der Waals surface area (Å²) in [5.74, 6) is 0.596. The second-order valence-electron chi connectivity index (χ2n) is 5.06. The van der Waals surface area contributed by atoms with Gasteiger partial charge in [0.25, 0.3) is 0 Å². The lowest BCUT2D eigenvalue weighted by molar-refractivity contribution is -0.107. The molecule has 2 aromatic rings. The van der Waals surface area contributed by atoms with Gasteiger partial charge in [-0.15, -0.1) is 0 Å². The molecule has 0 aromatic heterocycles. The van der Waals surface area contributed by atoms with E-state index in [0.29, 0.717) is 6.54 Å². The maximum atomic E-state index is 11.3. The molecule has 1 aliphatic rings. The molecule has 1 atom stereocenters. The summed E-state index contributed by atoms with van der Waals surface area (Å²) < 4.78 is 0. The normalized spacial score (nSPS) is 17.6. The number of carbonyl (C=O) groups excluding carboxylic acids is 1. The summed E-state index contributed by atoms with van der Waals surface area (Å²) in [6.07, 6.45) is 1.61. The minimum Gasteiger partial charge on any atom is -0.508 e. The van der Waals surface area contributed by atoms with Crippen LogP contribution in [0, 0.1) is 0 Å². The van der Waals surface area contributed by atoms with Gasteiger partial charge in [-0.25, -0.2) is 0 Å². The van der Waals surface area contributed by atoms with Crippen molar-refractivity contribution in [1.82, 2.24) is 0 Å². The number of nitrogens with zero attached hydrogens (tertiary/aromatic N) is 1. The number of phenolic OH excluding ortho intramolecular Hbond substituents is 2. The van der Waals surface area contributed by atoms with E-state index in [1.54, 1.807) is 29.2 Å². The number of carbonyl (C=O) groups is 1. The molecule has 1 unspecified atom stereocenters. The molecule has 0 fully saturated rings. The second kappa shape index (κ2) is 4.89. The monoisotopic (exact) mass is 269 g/mol. The number of fused-ring (bicyclic) bond motifs is 1. The lowest BCUT2D eigenvalue weighted by atomic mass is 9.87. The van der Waals surface area contributed by atoms with Crippen molar-refractivity contribution in [2.45, 2.75) is 12.3 Å². The van der Waals surface area contributed by atoms with Gasteiger partial charge in [0.15, 0.2) is 0 Å². The maximum Gasteiger partial charge on any atom is 0.214 e. The second-order valence-corrected chi connectivity index (χ2v) is 5.06. The maximum absolute atomic E-state index is 11.3. The molecule has 3 rings (SSSR count). The molecule has 1 aliphatic heterocycles. The third-order valence-corrected chi connectivity index (χ3v) is 3.75. The lowest BCUT2D eigenvalue weighted by Gasteiger charge is -2.32. The summed E-state index contributed by atoms with van der Waals surface area (Å²) in [4.78, 5) is 12.9. The Hall–Kier alpha value is -2.49. The van der Waals surface area contributed by atoms with Crippen LogP contribution in [0.4, 0.5) is 5.69 Å². The number of rotatable bonds is 2. The number of benzene rings is 2. The zero-order chi connectivity index (χ0) is 14.1. The number of hydrogen-bond acceptors (Lipinski definition) is 3. The Morgan fingerprint density at radius 2 is 1.75 bits per heavy atom. The summed E-state index contributed by atoms with van der Waals surface area (Å²) in [6.45, 7) is 0.574. The fourth-order valence-corrected chi connectivity index (χ4v) is 2.73. The van der Waals surface area contributed by atoms with Gasteiger partial charge in [-0.1, -0.05) is 18.2 Å². The predicted octanol–water partition coefficient (Wildman–Crippen LogP) is 2.40. The van der Waals surface area contributed by atoms with Gasteiger partial charge in [0.2, 0.25) is 6.41 Å². The van der Waals surface area contributed by atoms with E-state index in [9.17, 15) is 15.0 Å². The van der Waals surface area contributed by atoms with Crippen molar-refractivity contribution in [2.75, 3.05) is 11.4 Å². The molecule has 20 heavy (non-hydrogen) atoms. The molecule has 1 heterocycles. The lowest BCUT2D eigenvalue weighted by Crippen LogP contribution is -2.33. The van der Waals surface area contributed by atoms with Crippen LogP contribution in [0.1, 0.15) is 17.0 Å². The van der Waals surface area contributed by atoms with Gasteiger partial charge >= 0.3 is 0 Å². The molecule has 0 spiro atoms. The van der Waals surface area contributed by atoms with E-state index in [1.165, 1.54) is 0 Å². The SMILES string of the molecule is O=CN1CC(c2ccc(O)cc2)Cc2ccc(O)cc21. The van der Waals surface area contributed by atoms with Crippen molar-refractivity contribution < 1.29 is 15.0 Å². The molecular weight excluding hydrogens is 254 g/mol. The first kappa shape index (κ1) is 12.5. The van der Waals surface area contributed by atoms with Gasteiger partial charge in [-0.2, -0.15) is 0 Å². The van der Waals surface area contributed by atoms with Crippen LogP contribution in [0.25, 0.3) is 0 Å². The molecule has 0 bridgehead atoms. The van der Waals surface area contributed by atoms with Crippen molar-refractivity contribution in [3.8, 4) is 11.5 Å². The van der Waals surface area contributed by atoms with E-state index >= 15 is 0 Å². The molecule has 0 saturated heterocycles. The van der Waals surface area contributed by atoms with Crippen LogP contribution in [0.15, 0.2) is 42.5 Å². The molecule has 102 valence electrons. The summed E-state index contributed by atoms with van der Waals surface area (Å²) >= 11 is 0. The zero-order valence-electron chi connectivity index (χ0n) is 10.9. The Morgan fingerprint density at radius 1 is 1.05 bits per heavy atom. The first-order valence-electron chi connectivity index (χ1n) is 6.50. The molecule has 4 heteroatoms. The van der Waals surface area contributed by atoms with Gasteiger partial charge < -0.3 is 15.1 Å². The molecule has 0 aliphatic carbocycles. The summed E-state index contributed by atoms with van der Waals surface area (Å²) in [7, 11) is 0. The van der Waals surface area contributed by atoms with Crippen LogP contribution in [0.3, 0.4) is 0 Å². The summed E-state index contributed by atoms with van der Waals surface area (Å²) in [5.41, 5.74) is 2.91. The Bertz CT molecular complexity index is 637. The predicted molar refractivity (Wildman–Crippen MR) is 76.1 cm³/mol. The number of phenols is 2. The minimum atomic E-state index is 0.165. The molecule has 0 radical (unpaired) electrons. The Balaban J connectivity index is 1.96. The van der Waals surface area contributed by atoms with Crippen molar-refractivity contribution >= 4 is 12.1 Å². The number of aromatic hydroxyl groups is 2. The smallest absolute Gasteiger partial charge is 0.214 e. The highest BCUT2D eigenvalue weighted by atomic mass is 16.3. The van der Waals surface area contributed by atoms with E-state index in [0.717, 1.165) is 29.6 Å². The molecule has 2 N–H and O–H groups in total. The molecule has 4 nitrogen and oxygen atoms in total. The topological polar surface area (TPSA) is 60.8 Å². The minimum absolute atomic E-state index is 0.165. The van der Waals surface area contributed by atoms with Gasteiger partial charge in [0.1, 0.15) is 11.5 Å². The van der Waals surface area contributed by atoms with Crippen LogP contribution < -0.4 is 4.90 Å². The molecule has 0 saturated carbocycles. The molecule has 1 amide bonds. The highest BCUT2D eigenvalue weighted by molar-refractivity contribution is 5.79. The van der Waals surface area contributed by atoms with Crippen LogP contribution in [0.2, 0.25) is 0 Å². The van der Waals surface area contributed by atoms with Crippen LogP contribution in [0.5, 0.6) is 11.5 Å². The highest BCUT2D eigenvalue weighted by Gasteiger charge is 2.25. The summed E-state index contributed by atoms with van der Waals surface area (Å²) in [6, 6.07) is 12.2. The van der Waals surface area contributed by atoms with Gasteiger partial charge in [-0.05, 0) is 35.7 Å². The van der Waals surface area contributed by atoms with E-state index in [2.05, 4.69) is 0 Å². The summed E-state index contributed by atoms with van der Waals surface area (Å²) in [5, 5.41) is 18.9. The van der Waals surface area contributed by atoms with Crippen molar-refractivity contribution in [1.29, 1.82) is 0 Å². The first-order valence-corrected chi connectivity index (χ1v) is 6.50. The first-order chi connectivity index (χ1) is 9.67. The Kier molecular flexibility index (Phi) is 3.06. The van der Waals surface area contributed by atoms with E-state index in [4.69, 9.17) is 0 Å². The van der Waals surface area contributed by atoms with E-state index in [-0.39, 0.29) is 17.4 Å². The number of amides is 1. The standard InChI is InChI=1S/C16H15NO3/c18-10-17-9-13(11-1-4-14(19)5-2-11)7-12-3-6-15(20)8-16(12)17/h1-6,8,10,13,19-20H,7,9H2. The van der Waals surface area contributed by atoms with E-state index in [1.807, 2.05) is 18.2 Å². The van der Waals surface area contributed by atoms with Crippen molar-refractivity contribution in [3.63, 3.8) is 0 Å². The zero-order valence-corrected chi connectivity index (χ0v) is 10.9. The third kappa shape index (κ3) is 2.20. The molecule has 2 aromatic carbocycles. The van der Waals surface area contributed by atoms with E-state index < -0.39 is 0 Å². The van der Waals surface area contributed by atoms with Gasteiger partial charge in [-0.3, -0.25) is 4.79 Å². The quantitative estimate of drug-likeness (QED) is 0.823. The third-order valence-electron chi connectivity index (χ3n) is 3.75. The molecular formula is C16H15NO3. The number of hydrogen-bond donors (Lipinski definition) is 2. The highest BCUT2D eigenvalue weighted by Crippen LogP contribution is 2.36. The van der Waals surface area contributed by atoms with Gasteiger partial charge in [0, 0.05) is 18.5 Å². The van der Waals surface area contributed by atoms with Crippen molar-refractivity contribution in [2.24, 2.45) is 0 Å². The van der Waals surface area contributed by atoms with Crippen LogP contribution >= 0.6 is 0 Å². The van der Waals surface area contributed by atoms with Crippen molar-refractivity contribution in [3.05, 3.63) is 53.6 Å². The Morgan fingerprint density at radius 3 is 2.45 bits per heavy atom. The van der Waals surface area contributed by atoms with Gasteiger partial charge in [0.05, 0.1) is 5.69 Å². The fourth-order valence-electron chi connectivity index (χ4n) is 2.73. The number of anilines is 1. The van der Waals surface area contributed by atoms with Crippen LogP contribution in [-0.2, 0) is 11.2 Å². The largest absolute Gasteiger partial charge is 0.508 e. The van der Waals surface area contributed by atoms with Crippen LogP contribution in [-0.4, -0.2) is 23.2 Å². The Labute approximate surface area is 116 Å². The average molecular weight is 269 g/mol. The fraction of sp³-hybridized carbons (Fsp3) is 0.188.